The number of benzene rings is 1. The molecule has 0 saturated carbocycles. The number of amides is 1. The Morgan fingerprint density at radius 2 is 2.22 bits per heavy atom. The minimum atomic E-state index is 0.131. The number of rotatable bonds is 4. The highest BCUT2D eigenvalue weighted by Gasteiger charge is 2.23. The van der Waals surface area contributed by atoms with Crippen LogP contribution >= 0.6 is 11.8 Å². The Bertz CT molecular complexity index is 383. The summed E-state index contributed by atoms with van der Waals surface area (Å²) >= 11 is 1.58. The van der Waals surface area contributed by atoms with Gasteiger partial charge in [0.25, 0.3) is 0 Å². The second-order valence-corrected chi connectivity index (χ2v) is 5.32. The highest BCUT2D eigenvalue weighted by atomic mass is 32.2. The maximum absolute atomic E-state index is 11.8. The topological polar surface area (TPSA) is 29.5 Å². The Balaban J connectivity index is 1.89. The molecule has 1 aromatic carbocycles. The molecule has 0 N–H and O–H groups in total. The number of hydrogen-bond acceptors (Lipinski definition) is 3. The van der Waals surface area contributed by atoms with Crippen molar-refractivity contribution in [2.75, 3.05) is 31.7 Å². The van der Waals surface area contributed by atoms with Crippen LogP contribution in [0.25, 0.3) is 0 Å². The minimum Gasteiger partial charge on any atom is -0.374 e. The van der Waals surface area contributed by atoms with Crippen LogP contribution in [0.1, 0.15) is 5.56 Å². The van der Waals surface area contributed by atoms with E-state index < -0.39 is 0 Å². The summed E-state index contributed by atoms with van der Waals surface area (Å²) < 4.78 is 5.74. The van der Waals surface area contributed by atoms with E-state index in [2.05, 4.69) is 12.1 Å². The van der Waals surface area contributed by atoms with E-state index in [1.165, 1.54) is 5.56 Å². The molecule has 0 radical (unpaired) electrons. The number of ether oxygens (including phenoxy) is 1. The third-order valence-electron chi connectivity index (χ3n) is 3.07. The van der Waals surface area contributed by atoms with Gasteiger partial charge in [0, 0.05) is 19.5 Å². The molecule has 0 aliphatic carbocycles. The maximum atomic E-state index is 11.8. The highest BCUT2D eigenvalue weighted by molar-refractivity contribution is 7.99. The van der Waals surface area contributed by atoms with E-state index in [0.717, 1.165) is 13.0 Å². The second-order valence-electron chi connectivity index (χ2n) is 4.46. The van der Waals surface area contributed by atoms with Gasteiger partial charge >= 0.3 is 0 Å². The third kappa shape index (κ3) is 3.75. The molecule has 1 heterocycles. The van der Waals surface area contributed by atoms with E-state index in [0.29, 0.717) is 18.9 Å². The summed E-state index contributed by atoms with van der Waals surface area (Å²) in [4.78, 5) is 13.8. The largest absolute Gasteiger partial charge is 0.374 e. The Hall–Kier alpha value is -1.00. The molecule has 0 spiro atoms. The van der Waals surface area contributed by atoms with E-state index in [1.807, 2.05) is 29.4 Å². The smallest absolute Gasteiger partial charge is 0.232 e. The lowest BCUT2D eigenvalue weighted by atomic mass is 10.1. The summed E-state index contributed by atoms with van der Waals surface area (Å²) in [6, 6.07) is 10.3. The molecule has 0 unspecified atom stereocenters. The van der Waals surface area contributed by atoms with Crippen LogP contribution in [0.3, 0.4) is 0 Å². The average Bonchev–Trinajstić information content (AvgIpc) is 2.40. The molecule has 1 aliphatic heterocycles. The third-order valence-corrected chi connectivity index (χ3v) is 3.60. The van der Waals surface area contributed by atoms with Gasteiger partial charge < -0.3 is 9.64 Å². The number of hydrogen-bond donors (Lipinski definition) is 0. The van der Waals surface area contributed by atoms with Gasteiger partial charge in [-0.05, 0) is 11.8 Å². The van der Waals surface area contributed by atoms with Crippen LogP contribution in [0.2, 0.25) is 0 Å². The monoisotopic (exact) mass is 265 g/mol. The molecule has 1 amide bonds. The molecular formula is C14H19NO2S. The fourth-order valence-electron chi connectivity index (χ4n) is 2.16. The highest BCUT2D eigenvalue weighted by Crippen LogP contribution is 2.12. The van der Waals surface area contributed by atoms with Gasteiger partial charge in [-0.2, -0.15) is 11.8 Å². The number of thioether (sulfide) groups is 1. The van der Waals surface area contributed by atoms with Gasteiger partial charge in [-0.25, -0.2) is 0 Å². The number of nitrogens with zero attached hydrogens (tertiary/aromatic N) is 1. The van der Waals surface area contributed by atoms with Gasteiger partial charge in [-0.15, -0.1) is 0 Å². The van der Waals surface area contributed by atoms with Gasteiger partial charge in [0.1, 0.15) is 0 Å². The van der Waals surface area contributed by atoms with Gasteiger partial charge in [0.05, 0.1) is 18.5 Å². The van der Waals surface area contributed by atoms with Crippen molar-refractivity contribution in [3.05, 3.63) is 35.9 Å². The van der Waals surface area contributed by atoms with Crippen molar-refractivity contribution in [3.63, 3.8) is 0 Å². The fourth-order valence-corrected chi connectivity index (χ4v) is 2.59. The van der Waals surface area contributed by atoms with Crippen LogP contribution in [-0.2, 0) is 16.0 Å². The average molecular weight is 265 g/mol. The molecule has 0 aromatic heterocycles. The van der Waals surface area contributed by atoms with Crippen LogP contribution in [0.5, 0.6) is 0 Å². The van der Waals surface area contributed by atoms with Gasteiger partial charge in [0.2, 0.25) is 5.91 Å². The first kappa shape index (κ1) is 13.4. The molecule has 98 valence electrons. The van der Waals surface area contributed by atoms with Crippen molar-refractivity contribution in [1.82, 2.24) is 4.90 Å². The minimum absolute atomic E-state index is 0.131. The summed E-state index contributed by atoms with van der Waals surface area (Å²) in [5.74, 6) is 0.793. The lowest BCUT2D eigenvalue weighted by molar-refractivity contribution is -0.135. The summed E-state index contributed by atoms with van der Waals surface area (Å²) in [5.41, 5.74) is 1.27. The molecular weight excluding hydrogens is 246 g/mol. The molecule has 1 aromatic rings. The molecule has 2 rings (SSSR count). The van der Waals surface area contributed by atoms with Crippen molar-refractivity contribution in [2.24, 2.45) is 0 Å². The Labute approximate surface area is 113 Å². The van der Waals surface area contributed by atoms with E-state index in [4.69, 9.17) is 4.74 Å². The molecule has 0 bridgehead atoms. The van der Waals surface area contributed by atoms with Gasteiger partial charge in [-0.1, -0.05) is 30.3 Å². The number of morpholine rings is 1. The van der Waals surface area contributed by atoms with Crippen molar-refractivity contribution in [2.45, 2.75) is 12.5 Å². The summed E-state index contributed by atoms with van der Waals surface area (Å²) in [7, 11) is 0. The molecule has 1 saturated heterocycles. The Morgan fingerprint density at radius 1 is 1.44 bits per heavy atom. The van der Waals surface area contributed by atoms with E-state index >= 15 is 0 Å². The van der Waals surface area contributed by atoms with E-state index in [-0.39, 0.29) is 12.0 Å². The van der Waals surface area contributed by atoms with Crippen molar-refractivity contribution in [1.29, 1.82) is 0 Å². The molecule has 4 heteroatoms. The molecule has 18 heavy (non-hydrogen) atoms. The van der Waals surface area contributed by atoms with E-state index in [9.17, 15) is 4.79 Å². The molecule has 3 nitrogen and oxygen atoms in total. The molecule has 1 atom stereocenters. The van der Waals surface area contributed by atoms with Crippen LogP contribution in [0.15, 0.2) is 30.3 Å². The number of carbonyl (C=O) groups excluding carboxylic acids is 1. The first-order chi connectivity index (χ1) is 8.79. The Kier molecular flexibility index (Phi) is 5.08. The summed E-state index contributed by atoms with van der Waals surface area (Å²) in [6.45, 7) is 2.09. The normalized spacial score (nSPS) is 19.8. The predicted molar refractivity (Wildman–Crippen MR) is 74.8 cm³/mol. The maximum Gasteiger partial charge on any atom is 0.232 e. The number of carbonyl (C=O) groups is 1. The second kappa shape index (κ2) is 6.81. The summed E-state index contributed by atoms with van der Waals surface area (Å²) in [6.07, 6.45) is 2.97. The van der Waals surface area contributed by atoms with Crippen molar-refractivity contribution >= 4 is 17.7 Å². The first-order valence-electron chi connectivity index (χ1n) is 6.22. The zero-order valence-corrected chi connectivity index (χ0v) is 11.5. The Morgan fingerprint density at radius 3 is 2.94 bits per heavy atom. The van der Waals surface area contributed by atoms with E-state index in [1.54, 1.807) is 11.8 Å². The van der Waals surface area contributed by atoms with Crippen LogP contribution < -0.4 is 0 Å². The summed E-state index contributed by atoms with van der Waals surface area (Å²) in [5, 5.41) is 0. The fraction of sp³-hybridized carbons (Fsp3) is 0.500. The van der Waals surface area contributed by atoms with Crippen molar-refractivity contribution < 1.29 is 9.53 Å². The van der Waals surface area contributed by atoms with Crippen LogP contribution in [0, 0.1) is 0 Å². The van der Waals surface area contributed by atoms with Gasteiger partial charge in [0.15, 0.2) is 0 Å². The van der Waals surface area contributed by atoms with Crippen LogP contribution in [-0.4, -0.2) is 48.6 Å². The van der Waals surface area contributed by atoms with Crippen molar-refractivity contribution in [3.8, 4) is 0 Å². The lowest BCUT2D eigenvalue weighted by Crippen LogP contribution is -2.47. The zero-order valence-electron chi connectivity index (χ0n) is 10.7. The quantitative estimate of drug-likeness (QED) is 0.831. The standard InChI is InChI=1S/C14H19NO2S/c1-18-11-14(16)15-7-8-17-13(10-15)9-12-5-3-2-4-6-12/h2-6,13H,7-11H2,1H3/t13-/m1/s1. The zero-order chi connectivity index (χ0) is 12.8. The first-order valence-corrected chi connectivity index (χ1v) is 7.61. The predicted octanol–water partition coefficient (Wildman–Crippen LogP) is 1.82. The molecule has 1 fully saturated rings. The SMILES string of the molecule is CSCC(=O)N1CCO[C@H](Cc2ccccc2)C1. The lowest BCUT2D eigenvalue weighted by Gasteiger charge is -2.33. The molecule has 1 aliphatic rings. The van der Waals surface area contributed by atoms with Gasteiger partial charge in [-0.3, -0.25) is 4.79 Å². The van der Waals surface area contributed by atoms with Crippen LogP contribution in [0.4, 0.5) is 0 Å².